The number of nitrogens with zero attached hydrogens (tertiary/aromatic N) is 1. The lowest BCUT2D eigenvalue weighted by Crippen LogP contribution is -2.46. The smallest absolute Gasteiger partial charge is 0.326 e. The molecule has 0 bridgehead atoms. The number of unbranched alkanes of at least 4 members (excludes halogenated alkanes) is 1. The number of esters is 1. The van der Waals surface area contributed by atoms with Crippen LogP contribution in [0.5, 0.6) is 5.75 Å². The van der Waals surface area contributed by atoms with Crippen LogP contribution in [-0.4, -0.2) is 31.8 Å². The molecule has 1 N–H and O–H groups in total. The van der Waals surface area contributed by atoms with Crippen LogP contribution in [0.3, 0.4) is 0 Å². The van der Waals surface area contributed by atoms with Gasteiger partial charge in [-0.3, -0.25) is 9.69 Å². The molecule has 2 unspecified atom stereocenters. The van der Waals surface area contributed by atoms with Gasteiger partial charge in [-0.15, -0.1) is 0 Å². The first kappa shape index (κ1) is 20.7. The van der Waals surface area contributed by atoms with E-state index < -0.39 is 0 Å². The van der Waals surface area contributed by atoms with Crippen LogP contribution in [0.2, 0.25) is 0 Å². The van der Waals surface area contributed by atoms with Crippen molar-refractivity contribution in [3.8, 4) is 5.75 Å². The van der Waals surface area contributed by atoms with Gasteiger partial charge in [0.15, 0.2) is 0 Å². The van der Waals surface area contributed by atoms with Crippen LogP contribution in [0.25, 0.3) is 0 Å². The number of ether oxygens (including phenoxy) is 2. The van der Waals surface area contributed by atoms with Crippen LogP contribution in [-0.2, 0) is 9.53 Å². The Kier molecular flexibility index (Phi) is 6.75. The van der Waals surface area contributed by atoms with Crippen molar-refractivity contribution in [3.05, 3.63) is 54.1 Å². The van der Waals surface area contributed by atoms with Crippen LogP contribution in [0, 0.1) is 0 Å². The van der Waals surface area contributed by atoms with Gasteiger partial charge in [-0.2, -0.15) is 0 Å². The predicted molar refractivity (Wildman–Crippen MR) is 114 cm³/mol. The minimum absolute atomic E-state index is 0.148. The number of hydrogen-bond acceptors (Lipinski definition) is 4. The molecule has 1 heterocycles. The second-order valence-electron chi connectivity index (χ2n) is 7.25. The van der Waals surface area contributed by atoms with E-state index in [4.69, 9.17) is 9.47 Å². The molecule has 1 aliphatic rings. The summed E-state index contributed by atoms with van der Waals surface area (Å²) < 4.78 is 10.6. The molecule has 2 amide bonds. The number of rotatable bonds is 6. The van der Waals surface area contributed by atoms with Gasteiger partial charge in [0.05, 0.1) is 19.6 Å². The highest BCUT2D eigenvalue weighted by Gasteiger charge is 2.37. The molecule has 0 fully saturated rings. The Balaban J connectivity index is 1.75. The summed E-state index contributed by atoms with van der Waals surface area (Å²) in [5.74, 6) is 0.145. The summed E-state index contributed by atoms with van der Waals surface area (Å²) >= 11 is 0. The molecule has 0 saturated carbocycles. The van der Waals surface area contributed by atoms with Crippen LogP contribution in [0.1, 0.15) is 44.6 Å². The number of para-hydroxylation sites is 1. The number of hydrogen-bond donors (Lipinski definition) is 1. The van der Waals surface area contributed by atoms with Gasteiger partial charge in [0, 0.05) is 17.4 Å². The van der Waals surface area contributed by atoms with Gasteiger partial charge >= 0.3 is 12.0 Å². The number of carbonyl (C=O) groups excluding carboxylic acids is 2. The van der Waals surface area contributed by atoms with E-state index in [1.165, 1.54) is 7.11 Å². The Labute approximate surface area is 171 Å². The maximum absolute atomic E-state index is 13.0. The number of benzene rings is 2. The first-order valence-corrected chi connectivity index (χ1v) is 10.0. The number of nitrogens with one attached hydrogen (secondary N) is 1. The highest BCUT2D eigenvalue weighted by molar-refractivity contribution is 6.04. The van der Waals surface area contributed by atoms with E-state index in [2.05, 4.69) is 12.2 Å². The summed E-state index contributed by atoms with van der Waals surface area (Å²) in [6.45, 7) is 4.75. The van der Waals surface area contributed by atoms with E-state index in [9.17, 15) is 9.59 Å². The topological polar surface area (TPSA) is 67.9 Å². The Bertz CT molecular complexity index is 850. The Morgan fingerprint density at radius 1 is 1.14 bits per heavy atom. The molecule has 2 aromatic carbocycles. The number of fused-ring (bicyclic) bond motifs is 1. The Hall–Kier alpha value is -3.02. The van der Waals surface area contributed by atoms with Crippen LogP contribution >= 0.6 is 0 Å². The van der Waals surface area contributed by atoms with Gasteiger partial charge in [0.1, 0.15) is 5.75 Å². The zero-order valence-corrected chi connectivity index (χ0v) is 17.2. The van der Waals surface area contributed by atoms with Gasteiger partial charge in [0.2, 0.25) is 0 Å². The number of anilines is 2. The molecule has 3 rings (SSSR count). The minimum atomic E-state index is -0.366. The standard InChI is InChI=1S/C23H28N2O4/c1-4-5-14-29-18-12-10-17(11-13-18)24-23(27)25-16(2)15-20(22(26)28-3)19-8-6-7-9-21(19)25/h6-13,16,20H,4-5,14-15H2,1-3H3,(H,24,27). The van der Waals surface area contributed by atoms with E-state index in [1.54, 1.807) is 4.90 Å². The molecular formula is C23H28N2O4. The second-order valence-corrected chi connectivity index (χ2v) is 7.25. The highest BCUT2D eigenvalue weighted by atomic mass is 16.5. The zero-order chi connectivity index (χ0) is 20.8. The van der Waals surface area contributed by atoms with Gasteiger partial charge in [-0.05, 0) is 55.7 Å². The summed E-state index contributed by atoms with van der Waals surface area (Å²) in [6, 6.07) is 14.5. The number of urea groups is 1. The molecule has 0 aliphatic carbocycles. The largest absolute Gasteiger partial charge is 0.494 e. The van der Waals surface area contributed by atoms with Gasteiger partial charge in [-0.25, -0.2) is 4.79 Å². The lowest BCUT2D eigenvalue weighted by atomic mass is 9.86. The predicted octanol–water partition coefficient (Wildman–Crippen LogP) is 4.95. The van der Waals surface area contributed by atoms with E-state index in [1.807, 2.05) is 55.5 Å². The lowest BCUT2D eigenvalue weighted by molar-refractivity contribution is -0.142. The van der Waals surface area contributed by atoms with E-state index in [-0.39, 0.29) is 24.0 Å². The van der Waals surface area contributed by atoms with Gasteiger partial charge in [0.25, 0.3) is 0 Å². The molecular weight excluding hydrogens is 368 g/mol. The van der Waals surface area contributed by atoms with Crippen molar-refractivity contribution in [2.75, 3.05) is 23.9 Å². The van der Waals surface area contributed by atoms with Gasteiger partial charge < -0.3 is 14.8 Å². The molecule has 0 radical (unpaired) electrons. The van der Waals surface area contributed by atoms with Crippen molar-refractivity contribution >= 4 is 23.4 Å². The molecule has 0 aromatic heterocycles. The van der Waals surface area contributed by atoms with E-state index >= 15 is 0 Å². The molecule has 6 nitrogen and oxygen atoms in total. The average Bonchev–Trinajstić information content (AvgIpc) is 2.74. The summed E-state index contributed by atoms with van der Waals surface area (Å²) in [7, 11) is 1.39. The molecule has 0 saturated heterocycles. The van der Waals surface area contributed by atoms with Crippen LogP contribution < -0.4 is 15.0 Å². The maximum Gasteiger partial charge on any atom is 0.326 e. The molecule has 0 spiro atoms. The third kappa shape index (κ3) is 4.70. The lowest BCUT2D eigenvalue weighted by Gasteiger charge is -2.38. The molecule has 29 heavy (non-hydrogen) atoms. The average molecular weight is 396 g/mol. The Morgan fingerprint density at radius 2 is 1.86 bits per heavy atom. The van der Waals surface area contributed by atoms with Crippen molar-refractivity contribution in [1.82, 2.24) is 0 Å². The van der Waals surface area contributed by atoms with Crippen molar-refractivity contribution in [2.45, 2.75) is 45.1 Å². The van der Waals surface area contributed by atoms with Crippen molar-refractivity contribution in [3.63, 3.8) is 0 Å². The van der Waals surface area contributed by atoms with Crippen LogP contribution in [0.15, 0.2) is 48.5 Å². The third-order valence-corrected chi connectivity index (χ3v) is 5.17. The molecule has 1 aliphatic heterocycles. The first-order valence-electron chi connectivity index (χ1n) is 10.0. The molecule has 2 atom stereocenters. The molecule has 2 aromatic rings. The van der Waals surface area contributed by atoms with Crippen LogP contribution in [0.4, 0.5) is 16.2 Å². The molecule has 6 heteroatoms. The SMILES string of the molecule is CCCCOc1ccc(NC(=O)N2c3ccccc3C(C(=O)OC)CC2C)cc1. The quantitative estimate of drug-likeness (QED) is 0.554. The highest BCUT2D eigenvalue weighted by Crippen LogP contribution is 2.39. The van der Waals surface area contributed by atoms with Crippen molar-refractivity contribution < 1.29 is 19.1 Å². The summed E-state index contributed by atoms with van der Waals surface area (Å²) in [5.41, 5.74) is 2.24. The van der Waals surface area contributed by atoms with E-state index in [0.717, 1.165) is 29.8 Å². The third-order valence-electron chi connectivity index (χ3n) is 5.17. The summed E-state index contributed by atoms with van der Waals surface area (Å²) in [4.78, 5) is 27.0. The fourth-order valence-corrected chi connectivity index (χ4v) is 3.64. The van der Waals surface area contributed by atoms with Crippen molar-refractivity contribution in [2.24, 2.45) is 0 Å². The molecule has 154 valence electrons. The number of carbonyl (C=O) groups is 2. The summed E-state index contributed by atoms with van der Waals surface area (Å²) in [5, 5.41) is 2.95. The fourth-order valence-electron chi connectivity index (χ4n) is 3.64. The maximum atomic E-state index is 13.0. The van der Waals surface area contributed by atoms with E-state index in [0.29, 0.717) is 18.7 Å². The minimum Gasteiger partial charge on any atom is -0.494 e. The first-order chi connectivity index (χ1) is 14.0. The van der Waals surface area contributed by atoms with Gasteiger partial charge in [-0.1, -0.05) is 31.5 Å². The monoisotopic (exact) mass is 396 g/mol. The normalized spacial score (nSPS) is 18.0. The van der Waals surface area contributed by atoms with Crippen molar-refractivity contribution in [1.29, 1.82) is 0 Å². The zero-order valence-electron chi connectivity index (χ0n) is 17.2. The second kappa shape index (κ2) is 9.45. The summed E-state index contributed by atoms with van der Waals surface area (Å²) in [6.07, 6.45) is 2.61. The number of methoxy groups -OCH3 is 1. The number of amides is 2. The Morgan fingerprint density at radius 3 is 2.55 bits per heavy atom. The fraction of sp³-hybridized carbons (Fsp3) is 0.391.